The zero-order valence-electron chi connectivity index (χ0n) is 11.0. The summed E-state index contributed by atoms with van der Waals surface area (Å²) in [4.78, 5) is 39.5. The molecule has 0 radical (unpaired) electrons. The Hall–Kier alpha value is -2.42. The third-order valence-electron chi connectivity index (χ3n) is 2.74. The summed E-state index contributed by atoms with van der Waals surface area (Å²) < 4.78 is 0. The van der Waals surface area contributed by atoms with Gasteiger partial charge in [0.05, 0.1) is 6.42 Å². The quantitative estimate of drug-likeness (QED) is 0.768. The van der Waals surface area contributed by atoms with E-state index in [-0.39, 0.29) is 17.5 Å². The average molecular weight is 308 g/mol. The number of pyridine rings is 1. The van der Waals surface area contributed by atoms with E-state index in [0.717, 1.165) is 11.8 Å². The second-order valence-corrected chi connectivity index (χ2v) is 5.34. The van der Waals surface area contributed by atoms with E-state index in [4.69, 9.17) is 5.11 Å². The third kappa shape index (κ3) is 3.57. The van der Waals surface area contributed by atoms with Crippen LogP contribution < -0.4 is 5.43 Å². The second-order valence-electron chi connectivity index (χ2n) is 4.17. The smallest absolute Gasteiger partial charge is 0.317 e. The van der Waals surface area contributed by atoms with Gasteiger partial charge in [0.25, 0.3) is 5.91 Å². The lowest BCUT2D eigenvalue weighted by atomic mass is 10.2. The molecule has 1 fully saturated rings. The number of carboxylic acids is 1. The van der Waals surface area contributed by atoms with Gasteiger partial charge in [0, 0.05) is 25.0 Å². The number of amidine groups is 1. The molecule has 21 heavy (non-hydrogen) atoms. The highest BCUT2D eigenvalue weighted by Gasteiger charge is 2.34. The summed E-state index contributed by atoms with van der Waals surface area (Å²) in [5.74, 6) is -1.92. The molecule has 0 aliphatic carbocycles. The van der Waals surface area contributed by atoms with Crippen molar-refractivity contribution < 1.29 is 19.5 Å². The van der Waals surface area contributed by atoms with E-state index < -0.39 is 17.1 Å². The molecule has 0 spiro atoms. The Morgan fingerprint density at radius 3 is 2.76 bits per heavy atom. The van der Waals surface area contributed by atoms with E-state index in [0.29, 0.717) is 5.56 Å². The molecule has 2 heterocycles. The summed E-state index contributed by atoms with van der Waals surface area (Å²) in [5, 5.41) is 12.0. The minimum atomic E-state index is -1.09. The lowest BCUT2D eigenvalue weighted by molar-refractivity contribution is -0.139. The Morgan fingerprint density at radius 1 is 1.48 bits per heavy atom. The number of carbonyl (C=O) groups is 3. The van der Waals surface area contributed by atoms with Crippen molar-refractivity contribution in [3.8, 4) is 0 Å². The molecule has 110 valence electrons. The van der Waals surface area contributed by atoms with Crippen LogP contribution in [0.1, 0.15) is 16.8 Å². The van der Waals surface area contributed by atoms with Crippen molar-refractivity contribution >= 4 is 34.7 Å². The lowest BCUT2D eigenvalue weighted by Gasteiger charge is -2.26. The molecular weight excluding hydrogens is 296 g/mol. The van der Waals surface area contributed by atoms with Crippen LogP contribution in [0, 0.1) is 0 Å². The summed E-state index contributed by atoms with van der Waals surface area (Å²) in [6.45, 7) is 0. The van der Waals surface area contributed by atoms with Gasteiger partial charge in [-0.3, -0.25) is 24.3 Å². The van der Waals surface area contributed by atoms with Crippen molar-refractivity contribution in [2.45, 2.75) is 11.7 Å². The Labute approximate surface area is 124 Å². The Balaban J connectivity index is 2.10. The number of rotatable bonds is 3. The zero-order valence-corrected chi connectivity index (χ0v) is 11.8. The van der Waals surface area contributed by atoms with Crippen molar-refractivity contribution in [2.24, 2.45) is 5.10 Å². The van der Waals surface area contributed by atoms with Crippen LogP contribution >= 0.6 is 11.8 Å². The molecule has 2 rings (SSSR count). The van der Waals surface area contributed by atoms with Crippen LogP contribution in [0.15, 0.2) is 29.6 Å². The number of hydrazone groups is 1. The summed E-state index contributed by atoms with van der Waals surface area (Å²) in [6, 6.07) is 3.02. The molecule has 0 aromatic carbocycles. The molecule has 0 saturated carbocycles. The minimum absolute atomic E-state index is 0.103. The van der Waals surface area contributed by atoms with Gasteiger partial charge in [0.2, 0.25) is 5.91 Å². The van der Waals surface area contributed by atoms with Crippen LogP contribution in [-0.2, 0) is 9.59 Å². The molecule has 1 aromatic heterocycles. The van der Waals surface area contributed by atoms with Gasteiger partial charge in [-0.25, -0.2) is 5.43 Å². The van der Waals surface area contributed by atoms with E-state index in [9.17, 15) is 14.4 Å². The number of aromatic nitrogens is 1. The van der Waals surface area contributed by atoms with Crippen LogP contribution in [0.3, 0.4) is 0 Å². The highest BCUT2D eigenvalue weighted by Crippen LogP contribution is 2.25. The number of hydrogen-bond donors (Lipinski definition) is 2. The zero-order chi connectivity index (χ0) is 15.4. The maximum atomic E-state index is 11.8. The fraction of sp³-hybridized carbons (Fsp3) is 0.250. The molecule has 2 amide bonds. The minimum Gasteiger partial charge on any atom is -0.480 e. The van der Waals surface area contributed by atoms with Gasteiger partial charge in [0.1, 0.15) is 5.25 Å². The molecule has 1 aromatic rings. The number of aliphatic carboxylic acids is 1. The Morgan fingerprint density at radius 2 is 2.14 bits per heavy atom. The fourth-order valence-corrected chi connectivity index (χ4v) is 2.50. The largest absolute Gasteiger partial charge is 0.480 e. The monoisotopic (exact) mass is 308 g/mol. The molecular formula is C12H12N4O4S. The van der Waals surface area contributed by atoms with Crippen molar-refractivity contribution in [1.82, 2.24) is 15.3 Å². The van der Waals surface area contributed by atoms with Gasteiger partial charge in [-0.15, -0.1) is 5.10 Å². The number of nitrogens with zero attached hydrogens (tertiary/aromatic N) is 3. The van der Waals surface area contributed by atoms with Crippen molar-refractivity contribution in [1.29, 1.82) is 0 Å². The lowest BCUT2D eigenvalue weighted by Crippen LogP contribution is -2.42. The van der Waals surface area contributed by atoms with Crippen LogP contribution in [-0.4, -0.2) is 50.2 Å². The first-order chi connectivity index (χ1) is 9.99. The van der Waals surface area contributed by atoms with Gasteiger partial charge < -0.3 is 5.11 Å². The highest BCUT2D eigenvalue weighted by molar-refractivity contribution is 8.15. The van der Waals surface area contributed by atoms with E-state index in [2.05, 4.69) is 15.5 Å². The third-order valence-corrected chi connectivity index (χ3v) is 3.97. The summed E-state index contributed by atoms with van der Waals surface area (Å²) in [6.07, 6.45) is 2.83. The topological polar surface area (TPSA) is 112 Å². The maximum absolute atomic E-state index is 11.8. The molecule has 8 nitrogen and oxygen atoms in total. The molecule has 2 N–H and O–H groups in total. The van der Waals surface area contributed by atoms with E-state index in [1.165, 1.54) is 36.5 Å². The highest BCUT2D eigenvalue weighted by atomic mass is 32.2. The predicted molar refractivity (Wildman–Crippen MR) is 75.5 cm³/mol. The summed E-state index contributed by atoms with van der Waals surface area (Å²) >= 11 is 0.917. The normalized spacial score (nSPS) is 20.4. The molecule has 1 atom stereocenters. The standard InChI is InChI=1S/C12H12N4O4S/c1-16-9(17)6-8(11(19)20)21-12(16)15-14-10(18)7-2-4-13-5-3-7/h2-5,8H,6H2,1H3,(H,14,18)(H,19,20)/b15-12-. The number of carboxylic acid groups (broad SMARTS) is 1. The first kappa shape index (κ1) is 15.0. The number of hydrogen-bond acceptors (Lipinski definition) is 6. The van der Waals surface area contributed by atoms with Crippen molar-refractivity contribution in [2.75, 3.05) is 7.05 Å². The molecule has 1 saturated heterocycles. The molecule has 1 unspecified atom stereocenters. The second kappa shape index (κ2) is 6.35. The van der Waals surface area contributed by atoms with Gasteiger partial charge in [-0.05, 0) is 12.1 Å². The number of carbonyl (C=O) groups excluding carboxylic acids is 2. The first-order valence-electron chi connectivity index (χ1n) is 5.93. The SMILES string of the molecule is CN1C(=O)CC(C(=O)O)S/C1=N\NC(=O)c1ccncc1. The van der Waals surface area contributed by atoms with Crippen molar-refractivity contribution in [3.63, 3.8) is 0 Å². The van der Waals surface area contributed by atoms with Crippen LogP contribution in [0.4, 0.5) is 0 Å². The van der Waals surface area contributed by atoms with E-state index in [1.54, 1.807) is 0 Å². The molecule has 0 bridgehead atoms. The van der Waals surface area contributed by atoms with E-state index in [1.807, 2.05) is 0 Å². The number of amides is 2. The van der Waals surface area contributed by atoms with Crippen LogP contribution in [0.25, 0.3) is 0 Å². The average Bonchev–Trinajstić information content (AvgIpc) is 2.49. The van der Waals surface area contributed by atoms with Crippen LogP contribution in [0.2, 0.25) is 0 Å². The van der Waals surface area contributed by atoms with Crippen molar-refractivity contribution in [3.05, 3.63) is 30.1 Å². The Bertz CT molecular complexity index is 605. The Kier molecular flexibility index (Phi) is 4.53. The van der Waals surface area contributed by atoms with Gasteiger partial charge in [-0.2, -0.15) is 0 Å². The first-order valence-corrected chi connectivity index (χ1v) is 6.81. The maximum Gasteiger partial charge on any atom is 0.317 e. The molecule has 1 aliphatic heterocycles. The van der Waals surface area contributed by atoms with Gasteiger partial charge in [0.15, 0.2) is 5.17 Å². The van der Waals surface area contributed by atoms with E-state index >= 15 is 0 Å². The predicted octanol–water partition coefficient (Wildman–Crippen LogP) is 0.131. The van der Waals surface area contributed by atoms with Crippen LogP contribution in [0.5, 0.6) is 0 Å². The summed E-state index contributed by atoms with van der Waals surface area (Å²) in [5.41, 5.74) is 2.65. The number of nitrogens with one attached hydrogen (secondary N) is 1. The van der Waals surface area contributed by atoms with Gasteiger partial charge in [-0.1, -0.05) is 11.8 Å². The molecule has 9 heteroatoms. The number of thioether (sulfide) groups is 1. The fourth-order valence-electron chi connectivity index (χ4n) is 1.56. The van der Waals surface area contributed by atoms with Gasteiger partial charge >= 0.3 is 5.97 Å². The molecule has 1 aliphatic rings. The summed E-state index contributed by atoms with van der Waals surface area (Å²) in [7, 11) is 1.48.